The number of aryl methyl sites for hydroxylation is 1. The van der Waals surface area contributed by atoms with Crippen LogP contribution in [0.25, 0.3) is 0 Å². The number of urea groups is 1. The van der Waals surface area contributed by atoms with Crippen molar-refractivity contribution in [2.45, 2.75) is 25.7 Å². The number of hydrogen-bond donors (Lipinski definition) is 1. The Labute approximate surface area is 135 Å². The third-order valence-electron chi connectivity index (χ3n) is 4.07. The minimum atomic E-state index is 0.0467. The van der Waals surface area contributed by atoms with E-state index in [9.17, 15) is 4.79 Å². The van der Waals surface area contributed by atoms with Crippen molar-refractivity contribution in [3.05, 3.63) is 52.0 Å². The van der Waals surface area contributed by atoms with Crippen molar-refractivity contribution >= 4 is 17.4 Å². The van der Waals surface area contributed by atoms with Crippen molar-refractivity contribution in [1.82, 2.24) is 15.2 Å². The lowest BCUT2D eigenvalue weighted by atomic mass is 9.99. The van der Waals surface area contributed by atoms with E-state index in [4.69, 9.17) is 0 Å². The summed E-state index contributed by atoms with van der Waals surface area (Å²) in [4.78, 5) is 18.5. The summed E-state index contributed by atoms with van der Waals surface area (Å²) < 4.78 is 0. The van der Waals surface area contributed by atoms with E-state index in [0.717, 1.165) is 36.6 Å². The van der Waals surface area contributed by atoms with Gasteiger partial charge in [-0.25, -0.2) is 9.78 Å². The van der Waals surface area contributed by atoms with E-state index in [2.05, 4.69) is 39.9 Å². The molecule has 2 heterocycles. The van der Waals surface area contributed by atoms with E-state index in [-0.39, 0.29) is 6.03 Å². The summed E-state index contributed by atoms with van der Waals surface area (Å²) >= 11 is 1.65. The maximum absolute atomic E-state index is 12.2. The molecule has 1 saturated heterocycles. The molecule has 1 aromatic carbocycles. The average Bonchev–Trinajstić information content (AvgIpc) is 3.17. The summed E-state index contributed by atoms with van der Waals surface area (Å²) in [5.41, 5.74) is 2.39. The van der Waals surface area contributed by atoms with Gasteiger partial charge in [0.25, 0.3) is 0 Å². The number of hydrogen-bond acceptors (Lipinski definition) is 3. The minimum absolute atomic E-state index is 0.0467. The van der Waals surface area contributed by atoms with Crippen molar-refractivity contribution in [2.24, 2.45) is 0 Å². The molecular formula is C17H21N3OS. The van der Waals surface area contributed by atoms with E-state index in [1.165, 1.54) is 5.56 Å². The predicted molar refractivity (Wildman–Crippen MR) is 89.3 cm³/mol. The van der Waals surface area contributed by atoms with E-state index in [1.807, 2.05) is 17.9 Å². The molecule has 116 valence electrons. The van der Waals surface area contributed by atoms with Crippen molar-refractivity contribution in [2.75, 3.05) is 19.6 Å². The SMILES string of the molecule is Cc1nc(CCNC(=O)N2CC[C@@H](c3ccccc3)C2)cs1. The van der Waals surface area contributed by atoms with Crippen LogP contribution in [0, 0.1) is 6.92 Å². The largest absolute Gasteiger partial charge is 0.338 e. The fraction of sp³-hybridized carbons (Fsp3) is 0.412. The molecule has 1 N–H and O–H groups in total. The fourth-order valence-electron chi connectivity index (χ4n) is 2.87. The van der Waals surface area contributed by atoms with Crippen molar-refractivity contribution in [1.29, 1.82) is 0 Å². The monoisotopic (exact) mass is 315 g/mol. The molecule has 4 nitrogen and oxygen atoms in total. The Morgan fingerprint density at radius 2 is 2.23 bits per heavy atom. The lowest BCUT2D eigenvalue weighted by Gasteiger charge is -2.17. The summed E-state index contributed by atoms with van der Waals surface area (Å²) in [6.45, 7) is 4.29. The Bertz CT molecular complexity index is 626. The Morgan fingerprint density at radius 1 is 1.41 bits per heavy atom. The molecule has 0 saturated carbocycles. The van der Waals surface area contributed by atoms with Crippen LogP contribution in [-0.4, -0.2) is 35.5 Å². The van der Waals surface area contributed by atoms with Crippen molar-refractivity contribution in [3.63, 3.8) is 0 Å². The smallest absolute Gasteiger partial charge is 0.317 e. The highest BCUT2D eigenvalue weighted by atomic mass is 32.1. The average molecular weight is 315 g/mol. The van der Waals surface area contributed by atoms with Crippen molar-refractivity contribution < 1.29 is 4.79 Å². The zero-order chi connectivity index (χ0) is 15.4. The molecule has 22 heavy (non-hydrogen) atoms. The van der Waals surface area contributed by atoms with E-state index >= 15 is 0 Å². The number of amides is 2. The molecule has 1 aliphatic heterocycles. The summed E-state index contributed by atoms with van der Waals surface area (Å²) in [5.74, 6) is 0.466. The van der Waals surface area contributed by atoms with Gasteiger partial charge < -0.3 is 10.2 Å². The normalized spacial score (nSPS) is 17.7. The van der Waals surface area contributed by atoms with Crippen LogP contribution < -0.4 is 5.32 Å². The second kappa shape index (κ2) is 6.92. The Hall–Kier alpha value is -1.88. The predicted octanol–water partition coefficient (Wildman–Crippen LogP) is 3.19. The first-order valence-electron chi connectivity index (χ1n) is 7.71. The van der Waals surface area contributed by atoms with Crippen LogP contribution in [-0.2, 0) is 6.42 Å². The molecule has 1 aliphatic rings. The van der Waals surface area contributed by atoms with Crippen LogP contribution in [0.15, 0.2) is 35.7 Å². The number of carbonyl (C=O) groups excluding carboxylic acids is 1. The lowest BCUT2D eigenvalue weighted by molar-refractivity contribution is 0.208. The van der Waals surface area contributed by atoms with Gasteiger partial charge in [-0.05, 0) is 18.9 Å². The summed E-state index contributed by atoms with van der Waals surface area (Å²) in [5, 5.41) is 6.14. The highest BCUT2D eigenvalue weighted by Crippen LogP contribution is 2.26. The lowest BCUT2D eigenvalue weighted by Crippen LogP contribution is -2.39. The van der Waals surface area contributed by atoms with E-state index in [1.54, 1.807) is 11.3 Å². The van der Waals surface area contributed by atoms with Crippen molar-refractivity contribution in [3.8, 4) is 0 Å². The molecule has 0 aliphatic carbocycles. The van der Waals surface area contributed by atoms with Gasteiger partial charge in [0.1, 0.15) is 0 Å². The van der Waals surface area contributed by atoms with Gasteiger partial charge in [0.2, 0.25) is 0 Å². The second-order valence-electron chi connectivity index (χ2n) is 5.68. The quantitative estimate of drug-likeness (QED) is 0.942. The number of nitrogens with zero attached hydrogens (tertiary/aromatic N) is 2. The maximum atomic E-state index is 12.2. The third-order valence-corrected chi connectivity index (χ3v) is 4.89. The molecule has 0 bridgehead atoms. The number of rotatable bonds is 4. The second-order valence-corrected chi connectivity index (χ2v) is 6.74. The molecule has 2 aromatic rings. The maximum Gasteiger partial charge on any atom is 0.317 e. The number of carbonyl (C=O) groups is 1. The van der Waals surface area contributed by atoms with Gasteiger partial charge in [0, 0.05) is 37.4 Å². The molecule has 0 radical (unpaired) electrons. The molecular weight excluding hydrogens is 294 g/mol. The van der Waals surface area contributed by atoms with Gasteiger partial charge in [-0.1, -0.05) is 30.3 Å². The van der Waals surface area contributed by atoms with Gasteiger partial charge in [-0.2, -0.15) is 0 Å². The molecule has 1 aromatic heterocycles. The highest BCUT2D eigenvalue weighted by Gasteiger charge is 2.26. The Morgan fingerprint density at radius 3 is 2.95 bits per heavy atom. The number of benzene rings is 1. The van der Waals surface area contributed by atoms with Crippen LogP contribution >= 0.6 is 11.3 Å². The van der Waals surface area contributed by atoms with Crippen LogP contribution in [0.3, 0.4) is 0 Å². The number of thiazole rings is 1. The van der Waals surface area contributed by atoms with Gasteiger partial charge in [-0.15, -0.1) is 11.3 Å². The van der Waals surface area contributed by atoms with Gasteiger partial charge >= 0.3 is 6.03 Å². The Balaban J connectivity index is 1.45. The first-order valence-corrected chi connectivity index (χ1v) is 8.59. The van der Waals surface area contributed by atoms with Gasteiger partial charge in [0.05, 0.1) is 10.7 Å². The van der Waals surface area contributed by atoms with Gasteiger partial charge in [-0.3, -0.25) is 0 Å². The summed E-state index contributed by atoms with van der Waals surface area (Å²) in [6, 6.07) is 10.5. The molecule has 2 amide bonds. The molecule has 0 unspecified atom stereocenters. The first-order chi connectivity index (χ1) is 10.7. The van der Waals surface area contributed by atoms with Crippen LogP contribution in [0.1, 0.15) is 28.6 Å². The number of likely N-dealkylation sites (tertiary alicyclic amines) is 1. The number of nitrogens with one attached hydrogen (secondary N) is 1. The van der Waals surface area contributed by atoms with E-state index in [0.29, 0.717) is 12.5 Å². The summed E-state index contributed by atoms with van der Waals surface area (Å²) in [6.07, 6.45) is 1.84. The Kier molecular flexibility index (Phi) is 4.73. The molecule has 1 fully saturated rings. The zero-order valence-corrected chi connectivity index (χ0v) is 13.6. The molecule has 1 atom stereocenters. The third kappa shape index (κ3) is 3.65. The highest BCUT2D eigenvalue weighted by molar-refractivity contribution is 7.09. The zero-order valence-electron chi connectivity index (χ0n) is 12.8. The summed E-state index contributed by atoms with van der Waals surface area (Å²) in [7, 11) is 0. The van der Waals surface area contributed by atoms with Gasteiger partial charge in [0.15, 0.2) is 0 Å². The molecule has 3 rings (SSSR count). The van der Waals surface area contributed by atoms with Crippen LogP contribution in [0.5, 0.6) is 0 Å². The number of aromatic nitrogens is 1. The van der Waals surface area contributed by atoms with Crippen LogP contribution in [0.4, 0.5) is 4.79 Å². The van der Waals surface area contributed by atoms with E-state index < -0.39 is 0 Å². The first kappa shape index (κ1) is 15.0. The fourth-order valence-corrected chi connectivity index (χ4v) is 3.52. The minimum Gasteiger partial charge on any atom is -0.338 e. The van der Waals surface area contributed by atoms with Crippen LogP contribution in [0.2, 0.25) is 0 Å². The topological polar surface area (TPSA) is 45.2 Å². The molecule has 5 heteroatoms. The molecule has 0 spiro atoms. The standard InChI is InChI=1S/C17H21N3OS/c1-13-19-16(12-22-13)7-9-18-17(21)20-10-8-15(11-20)14-5-3-2-4-6-14/h2-6,12,15H,7-11H2,1H3,(H,18,21)/t15-/m1/s1.